The molecule has 0 aromatic heterocycles. The van der Waals surface area contributed by atoms with Crippen LogP contribution in [0.4, 0.5) is 0 Å². The van der Waals surface area contributed by atoms with Gasteiger partial charge in [0.05, 0.1) is 0 Å². The summed E-state index contributed by atoms with van der Waals surface area (Å²) in [6.07, 6.45) is 1.34. The molecule has 0 saturated heterocycles. The van der Waals surface area contributed by atoms with Gasteiger partial charge in [0.1, 0.15) is 0 Å². The van der Waals surface area contributed by atoms with Gasteiger partial charge in [0.15, 0.2) is 0 Å². The predicted octanol–water partition coefficient (Wildman–Crippen LogP) is -2.43. The van der Waals surface area contributed by atoms with Crippen molar-refractivity contribution < 1.29 is 20.4 Å². The molecule has 0 unspecified atom stereocenters. The van der Waals surface area contributed by atoms with Crippen molar-refractivity contribution in [2.45, 2.75) is 13.3 Å². The summed E-state index contributed by atoms with van der Waals surface area (Å²) >= 11 is 0.413. The van der Waals surface area contributed by atoms with E-state index in [1.807, 2.05) is 0 Å². The SMILES string of the molecule is CCC[I-][Si]. The van der Waals surface area contributed by atoms with Crippen LogP contribution in [0.1, 0.15) is 13.3 Å². The van der Waals surface area contributed by atoms with E-state index >= 15 is 0 Å². The zero-order valence-electron chi connectivity index (χ0n) is 3.29. The van der Waals surface area contributed by atoms with Gasteiger partial charge in [0.25, 0.3) is 0 Å². The third-order valence-electron chi connectivity index (χ3n) is 0.283. The van der Waals surface area contributed by atoms with Crippen molar-refractivity contribution in [1.82, 2.24) is 0 Å². The first-order chi connectivity index (χ1) is 2.41. The molecule has 0 aliphatic heterocycles. The fourth-order valence-corrected chi connectivity index (χ4v) is 1.90. The molecule has 31 valence electrons. The van der Waals surface area contributed by atoms with E-state index in [0.29, 0.717) is 20.4 Å². The maximum absolute atomic E-state index is 3.46. The summed E-state index contributed by atoms with van der Waals surface area (Å²) in [6, 6.07) is 0. The van der Waals surface area contributed by atoms with E-state index in [2.05, 4.69) is 14.7 Å². The van der Waals surface area contributed by atoms with Crippen LogP contribution in [0.2, 0.25) is 0 Å². The van der Waals surface area contributed by atoms with E-state index < -0.39 is 0 Å². The number of hydrogen-bond donors (Lipinski definition) is 0. The Morgan fingerprint density at radius 3 is 2.40 bits per heavy atom. The van der Waals surface area contributed by atoms with Crippen LogP contribution in [-0.2, 0) is 0 Å². The fourth-order valence-electron chi connectivity index (χ4n) is 0.0945. The molecule has 0 atom stereocenters. The van der Waals surface area contributed by atoms with Crippen LogP contribution in [0.3, 0.4) is 0 Å². The first-order valence-corrected chi connectivity index (χ1v) is 6.80. The molecule has 2 heteroatoms. The van der Waals surface area contributed by atoms with Gasteiger partial charge in [-0.2, -0.15) is 0 Å². The molecule has 0 fully saturated rings. The van der Waals surface area contributed by atoms with Gasteiger partial charge in [-0.15, -0.1) is 0 Å². The van der Waals surface area contributed by atoms with Crippen molar-refractivity contribution in [2.75, 3.05) is 4.43 Å². The Morgan fingerprint density at radius 1 is 1.80 bits per heavy atom. The summed E-state index contributed by atoms with van der Waals surface area (Å²) in [4.78, 5) is 0. The van der Waals surface area contributed by atoms with Crippen molar-refractivity contribution in [3.05, 3.63) is 0 Å². The average Bonchev–Trinajstić information content (AvgIpc) is 1.41. The van der Waals surface area contributed by atoms with Crippen molar-refractivity contribution >= 4 is 7.74 Å². The summed E-state index contributed by atoms with van der Waals surface area (Å²) in [5, 5.41) is 0. The van der Waals surface area contributed by atoms with Gasteiger partial charge in [0.2, 0.25) is 0 Å². The fraction of sp³-hybridized carbons (Fsp3) is 1.00. The molecule has 0 rings (SSSR count). The number of alkyl halides is 1. The maximum atomic E-state index is 3.46. The van der Waals surface area contributed by atoms with E-state index in [4.69, 9.17) is 0 Å². The standard InChI is InChI=1S/C3H7ISi/c1-2-3-4-5/h2-3H2,1H3/q-1. The molecule has 0 aliphatic carbocycles. The van der Waals surface area contributed by atoms with Crippen molar-refractivity contribution in [3.63, 3.8) is 0 Å². The predicted molar refractivity (Wildman–Crippen MR) is 20.9 cm³/mol. The van der Waals surface area contributed by atoms with Gasteiger partial charge >= 0.3 is 45.9 Å². The Hall–Kier alpha value is 0.947. The Morgan fingerprint density at radius 2 is 2.40 bits per heavy atom. The summed E-state index contributed by atoms with van der Waals surface area (Å²) < 4.78 is 1.41. The first kappa shape index (κ1) is 5.95. The third kappa shape index (κ3) is 4.95. The van der Waals surface area contributed by atoms with Crippen LogP contribution < -0.4 is 20.4 Å². The third-order valence-corrected chi connectivity index (χ3v) is 3.17. The van der Waals surface area contributed by atoms with Gasteiger partial charge in [-0.25, -0.2) is 0 Å². The molecule has 0 saturated carbocycles. The Labute approximate surface area is 46.1 Å². The van der Waals surface area contributed by atoms with Gasteiger partial charge < -0.3 is 0 Å². The van der Waals surface area contributed by atoms with Crippen LogP contribution in [0.15, 0.2) is 0 Å². The molecule has 0 aromatic rings. The van der Waals surface area contributed by atoms with Gasteiger partial charge in [-0.05, 0) is 0 Å². The van der Waals surface area contributed by atoms with Gasteiger partial charge in [0, 0.05) is 0 Å². The van der Waals surface area contributed by atoms with Crippen LogP contribution >= 0.6 is 0 Å². The minimum atomic E-state index is 0.413. The molecule has 0 aliphatic rings. The average molecular weight is 198 g/mol. The molecule has 5 heavy (non-hydrogen) atoms. The molecule has 0 bridgehead atoms. The molecular weight excluding hydrogens is 191 g/mol. The van der Waals surface area contributed by atoms with E-state index in [1.54, 1.807) is 0 Å². The quantitative estimate of drug-likeness (QED) is 0.200. The van der Waals surface area contributed by atoms with E-state index in [9.17, 15) is 0 Å². The van der Waals surface area contributed by atoms with Crippen LogP contribution in [-0.4, -0.2) is 12.2 Å². The molecular formula is C3H7ISi-. The van der Waals surface area contributed by atoms with Crippen LogP contribution in [0.25, 0.3) is 0 Å². The first-order valence-electron chi connectivity index (χ1n) is 1.66. The summed E-state index contributed by atoms with van der Waals surface area (Å²) in [5.74, 6) is 0. The summed E-state index contributed by atoms with van der Waals surface area (Å²) in [6.45, 7) is 2.21. The second-order valence-corrected chi connectivity index (χ2v) is 4.46. The van der Waals surface area contributed by atoms with E-state index in [1.165, 1.54) is 10.8 Å². The zero-order chi connectivity index (χ0) is 4.12. The second kappa shape index (κ2) is 4.95. The van der Waals surface area contributed by atoms with Crippen LogP contribution in [0, 0.1) is 0 Å². The van der Waals surface area contributed by atoms with Gasteiger partial charge in [-0.1, -0.05) is 0 Å². The van der Waals surface area contributed by atoms with Gasteiger partial charge in [-0.3, -0.25) is 0 Å². The van der Waals surface area contributed by atoms with Crippen molar-refractivity contribution in [2.24, 2.45) is 0 Å². The van der Waals surface area contributed by atoms with Crippen molar-refractivity contribution in [1.29, 1.82) is 0 Å². The number of hydrogen-bond acceptors (Lipinski definition) is 0. The summed E-state index contributed by atoms with van der Waals surface area (Å²) in [5.41, 5.74) is 0. The molecule has 0 amide bonds. The zero-order valence-corrected chi connectivity index (χ0v) is 6.45. The second-order valence-electron chi connectivity index (χ2n) is 0.823. The molecule has 0 aromatic carbocycles. The monoisotopic (exact) mass is 198 g/mol. The normalized spacial score (nSPS) is 9.20. The van der Waals surface area contributed by atoms with Crippen LogP contribution in [0.5, 0.6) is 0 Å². The number of rotatable bonds is 2. The molecule has 3 radical (unpaired) electrons. The number of halogens is 1. The van der Waals surface area contributed by atoms with E-state index in [0.717, 1.165) is 0 Å². The minimum absolute atomic E-state index is 0.413. The van der Waals surface area contributed by atoms with Crippen molar-refractivity contribution in [3.8, 4) is 0 Å². The Balaban J connectivity index is 2.19. The molecule has 0 spiro atoms. The summed E-state index contributed by atoms with van der Waals surface area (Å²) in [7, 11) is 3.46. The molecule has 0 nitrogen and oxygen atoms in total. The van der Waals surface area contributed by atoms with E-state index in [-0.39, 0.29) is 0 Å². The Bertz CT molecular complexity index is 14.4. The molecule has 0 heterocycles. The topological polar surface area (TPSA) is 0 Å². The Kier molecular flexibility index (Phi) is 5.88. The molecule has 0 N–H and O–H groups in total.